The Morgan fingerprint density at radius 1 is 1.15 bits per heavy atom. The number of fused-ring (bicyclic) bond motifs is 1. The van der Waals surface area contributed by atoms with Crippen molar-refractivity contribution in [3.63, 3.8) is 0 Å². The molecule has 1 amide bonds. The number of nitrogens with one attached hydrogen (secondary N) is 2. The van der Waals surface area contributed by atoms with Crippen LogP contribution < -0.4 is 20.7 Å². The third kappa shape index (κ3) is 3.91. The lowest BCUT2D eigenvalue weighted by atomic mass is 10.1. The minimum Gasteiger partial charge on any atom is -0.371 e. The Kier molecular flexibility index (Phi) is 5.47. The van der Waals surface area contributed by atoms with Crippen LogP contribution in [-0.2, 0) is 7.05 Å². The molecule has 0 unspecified atom stereocenters. The van der Waals surface area contributed by atoms with Gasteiger partial charge in [0.2, 0.25) is 0 Å². The zero-order valence-corrected chi connectivity index (χ0v) is 19.1. The zero-order valence-electron chi connectivity index (χ0n) is 18.2. The molecule has 10 nitrogen and oxygen atoms in total. The standard InChI is InChI=1S/C22H23N9OS/c1-24-21-18(15-10-25-11-16-17(15)26-12-30(16)2)28-19(20(23)32)22(29-21)27-13-4-6-14(7-5-13)31-8-3-9-33-31/h4-7,10-12H,3,8-9H2,1-2H3,(H2,23,32)(H2,24,27,29). The summed E-state index contributed by atoms with van der Waals surface area (Å²) >= 11 is 1.83. The highest BCUT2D eigenvalue weighted by Gasteiger charge is 2.21. The quantitative estimate of drug-likeness (QED) is 0.371. The van der Waals surface area contributed by atoms with Gasteiger partial charge in [-0.05, 0) is 42.6 Å². The molecule has 4 N–H and O–H groups in total. The first kappa shape index (κ1) is 21.0. The first-order valence-corrected chi connectivity index (χ1v) is 11.4. The van der Waals surface area contributed by atoms with Gasteiger partial charge in [0.05, 0.1) is 23.6 Å². The lowest BCUT2D eigenvalue weighted by Crippen LogP contribution is -2.18. The van der Waals surface area contributed by atoms with Crippen molar-refractivity contribution in [1.29, 1.82) is 0 Å². The molecular weight excluding hydrogens is 438 g/mol. The summed E-state index contributed by atoms with van der Waals surface area (Å²) in [6, 6.07) is 7.98. The summed E-state index contributed by atoms with van der Waals surface area (Å²) < 4.78 is 4.14. The second-order valence-electron chi connectivity index (χ2n) is 7.60. The maximum absolute atomic E-state index is 12.3. The van der Waals surface area contributed by atoms with Crippen LogP contribution in [0.1, 0.15) is 16.9 Å². The average Bonchev–Trinajstić information content (AvgIpc) is 3.50. The number of carbonyl (C=O) groups excluding carboxylic acids is 1. The number of imidazole rings is 1. The van der Waals surface area contributed by atoms with Gasteiger partial charge in [0.25, 0.3) is 5.91 Å². The molecule has 4 aromatic rings. The van der Waals surface area contributed by atoms with Crippen LogP contribution in [0.3, 0.4) is 0 Å². The van der Waals surface area contributed by atoms with E-state index in [1.807, 2.05) is 47.8 Å². The average molecular weight is 462 g/mol. The summed E-state index contributed by atoms with van der Waals surface area (Å²) in [4.78, 5) is 30.3. The molecule has 0 atom stereocenters. The molecule has 168 valence electrons. The SMILES string of the molecule is CNc1nc(Nc2ccc(N3CCCS3)cc2)c(C(N)=O)nc1-c1cncc2c1ncn2C. The van der Waals surface area contributed by atoms with Gasteiger partial charge >= 0.3 is 0 Å². The second-order valence-corrected chi connectivity index (χ2v) is 8.71. The maximum atomic E-state index is 12.3. The second kappa shape index (κ2) is 8.58. The highest BCUT2D eigenvalue weighted by atomic mass is 32.2. The van der Waals surface area contributed by atoms with Gasteiger partial charge in [-0.3, -0.25) is 9.78 Å². The van der Waals surface area contributed by atoms with E-state index in [4.69, 9.17) is 5.73 Å². The molecular formula is C22H23N9OS. The summed E-state index contributed by atoms with van der Waals surface area (Å²) in [5, 5.41) is 6.26. The third-order valence-corrected chi connectivity index (χ3v) is 6.61. The lowest BCUT2D eigenvalue weighted by molar-refractivity contribution is 0.0996. The number of nitrogens with zero attached hydrogens (tertiary/aromatic N) is 6. The van der Waals surface area contributed by atoms with Crippen LogP contribution in [-0.4, -0.2) is 49.8 Å². The van der Waals surface area contributed by atoms with E-state index < -0.39 is 5.91 Å². The molecule has 0 spiro atoms. The Morgan fingerprint density at radius 2 is 1.97 bits per heavy atom. The van der Waals surface area contributed by atoms with Gasteiger partial charge < -0.3 is 25.2 Å². The first-order chi connectivity index (χ1) is 16.0. The fraction of sp³-hybridized carbons (Fsp3) is 0.227. The van der Waals surface area contributed by atoms with E-state index in [2.05, 4.69) is 34.9 Å². The van der Waals surface area contributed by atoms with Gasteiger partial charge in [-0.25, -0.2) is 15.0 Å². The van der Waals surface area contributed by atoms with Gasteiger partial charge in [-0.1, -0.05) is 0 Å². The fourth-order valence-corrected chi connectivity index (χ4v) is 4.78. The number of pyridine rings is 1. The van der Waals surface area contributed by atoms with E-state index >= 15 is 0 Å². The van der Waals surface area contributed by atoms with E-state index in [0.717, 1.165) is 29.2 Å². The Morgan fingerprint density at radius 3 is 2.67 bits per heavy atom. The van der Waals surface area contributed by atoms with Crippen molar-refractivity contribution in [2.45, 2.75) is 6.42 Å². The first-order valence-electron chi connectivity index (χ1n) is 10.5. The van der Waals surface area contributed by atoms with Crippen molar-refractivity contribution in [2.24, 2.45) is 12.8 Å². The van der Waals surface area contributed by atoms with Gasteiger partial charge in [0.15, 0.2) is 17.3 Å². The summed E-state index contributed by atoms with van der Waals surface area (Å²) in [5.74, 6) is 1.21. The smallest absolute Gasteiger partial charge is 0.271 e. The van der Waals surface area contributed by atoms with Gasteiger partial charge in [0.1, 0.15) is 11.2 Å². The monoisotopic (exact) mass is 461 g/mol. The summed E-state index contributed by atoms with van der Waals surface area (Å²) in [5.41, 5.74) is 10.3. The summed E-state index contributed by atoms with van der Waals surface area (Å²) in [6.07, 6.45) is 6.28. The molecule has 1 aliphatic heterocycles. The van der Waals surface area contributed by atoms with E-state index in [1.165, 1.54) is 6.42 Å². The molecule has 1 aromatic carbocycles. The van der Waals surface area contributed by atoms with Crippen LogP contribution >= 0.6 is 11.9 Å². The lowest BCUT2D eigenvalue weighted by Gasteiger charge is -2.17. The number of benzene rings is 1. The van der Waals surface area contributed by atoms with Crippen molar-refractivity contribution in [1.82, 2.24) is 24.5 Å². The summed E-state index contributed by atoms with van der Waals surface area (Å²) in [6.45, 7) is 1.04. The molecule has 5 rings (SSSR count). The highest BCUT2D eigenvalue weighted by Crippen LogP contribution is 2.33. The van der Waals surface area contributed by atoms with E-state index in [-0.39, 0.29) is 11.5 Å². The highest BCUT2D eigenvalue weighted by molar-refractivity contribution is 8.00. The maximum Gasteiger partial charge on any atom is 0.271 e. The molecule has 4 heterocycles. The van der Waals surface area contributed by atoms with Crippen molar-refractivity contribution in [2.75, 3.05) is 34.3 Å². The predicted molar refractivity (Wildman–Crippen MR) is 132 cm³/mol. The van der Waals surface area contributed by atoms with Crippen molar-refractivity contribution in [3.05, 3.63) is 48.7 Å². The Balaban J connectivity index is 1.54. The van der Waals surface area contributed by atoms with Crippen LogP contribution in [0.5, 0.6) is 0 Å². The molecule has 0 aliphatic carbocycles. The third-order valence-electron chi connectivity index (χ3n) is 5.43. The minimum absolute atomic E-state index is 0.0381. The molecule has 0 bridgehead atoms. The summed E-state index contributed by atoms with van der Waals surface area (Å²) in [7, 11) is 3.64. The molecule has 33 heavy (non-hydrogen) atoms. The van der Waals surface area contributed by atoms with Crippen molar-refractivity contribution >= 4 is 51.9 Å². The van der Waals surface area contributed by atoms with E-state index in [9.17, 15) is 4.79 Å². The number of hydrogen-bond donors (Lipinski definition) is 3. The Bertz CT molecular complexity index is 1330. The molecule has 11 heteroatoms. The molecule has 1 aliphatic rings. The molecule has 0 radical (unpaired) electrons. The number of aryl methyl sites for hydroxylation is 1. The topological polar surface area (TPSA) is 127 Å². The van der Waals surface area contributed by atoms with Gasteiger partial charge in [-0.2, -0.15) is 0 Å². The van der Waals surface area contributed by atoms with Gasteiger partial charge in [0, 0.05) is 44.0 Å². The molecule has 0 saturated carbocycles. The number of primary amides is 1. The van der Waals surface area contributed by atoms with Gasteiger partial charge in [-0.15, -0.1) is 0 Å². The minimum atomic E-state index is -0.680. The van der Waals surface area contributed by atoms with Crippen LogP contribution in [0, 0.1) is 0 Å². The normalized spacial score (nSPS) is 13.5. The number of carbonyl (C=O) groups is 1. The van der Waals surface area contributed by atoms with Crippen molar-refractivity contribution < 1.29 is 4.79 Å². The number of aromatic nitrogens is 5. The van der Waals surface area contributed by atoms with E-state index in [1.54, 1.807) is 25.8 Å². The molecule has 1 saturated heterocycles. The largest absolute Gasteiger partial charge is 0.371 e. The van der Waals surface area contributed by atoms with Crippen LogP contribution in [0.15, 0.2) is 43.0 Å². The number of nitrogens with two attached hydrogens (primary N) is 1. The number of hydrogen-bond acceptors (Lipinski definition) is 9. The van der Waals surface area contributed by atoms with Crippen LogP contribution in [0.2, 0.25) is 0 Å². The Labute approximate surface area is 194 Å². The molecule has 1 fully saturated rings. The Hall–Kier alpha value is -3.86. The van der Waals surface area contributed by atoms with Crippen LogP contribution in [0.4, 0.5) is 23.0 Å². The predicted octanol–water partition coefficient (Wildman–Crippen LogP) is 3.17. The van der Waals surface area contributed by atoms with Crippen molar-refractivity contribution in [3.8, 4) is 11.3 Å². The zero-order chi connectivity index (χ0) is 22.9. The number of amides is 1. The van der Waals surface area contributed by atoms with Crippen LogP contribution in [0.25, 0.3) is 22.3 Å². The fourth-order valence-electron chi connectivity index (χ4n) is 3.77. The number of anilines is 4. The van der Waals surface area contributed by atoms with E-state index in [0.29, 0.717) is 22.6 Å². The number of rotatable bonds is 6. The molecule has 3 aromatic heterocycles.